The highest BCUT2D eigenvalue weighted by atomic mass is 35.5. The third-order valence-corrected chi connectivity index (χ3v) is 5.28. The minimum atomic E-state index is -0.659. The van der Waals surface area contributed by atoms with Crippen LogP contribution in [0, 0.1) is 5.82 Å². The van der Waals surface area contributed by atoms with E-state index in [0.29, 0.717) is 4.34 Å². The van der Waals surface area contributed by atoms with Gasteiger partial charge in [0.15, 0.2) is 0 Å². The fraction of sp³-hybridized carbons (Fsp3) is 0.0625. The van der Waals surface area contributed by atoms with Gasteiger partial charge in [0, 0.05) is 4.88 Å². The zero-order valence-electron chi connectivity index (χ0n) is 12.5. The van der Waals surface area contributed by atoms with Crippen molar-refractivity contribution in [3.63, 3.8) is 0 Å². The van der Waals surface area contributed by atoms with Crippen molar-refractivity contribution in [2.75, 3.05) is 11.9 Å². The number of amides is 3. The van der Waals surface area contributed by atoms with Gasteiger partial charge in [-0.25, -0.2) is 4.39 Å². The molecule has 0 unspecified atom stereocenters. The van der Waals surface area contributed by atoms with Gasteiger partial charge in [0.05, 0.1) is 14.9 Å². The number of nitrogens with one attached hydrogen (secondary N) is 1. The van der Waals surface area contributed by atoms with Crippen LogP contribution in [0.5, 0.6) is 0 Å². The summed E-state index contributed by atoms with van der Waals surface area (Å²) in [5.74, 6) is -1.82. The van der Waals surface area contributed by atoms with Crippen LogP contribution >= 0.6 is 34.7 Å². The van der Waals surface area contributed by atoms with E-state index in [9.17, 15) is 18.8 Å². The molecule has 1 aliphatic heterocycles. The number of thiophene rings is 1. The van der Waals surface area contributed by atoms with Crippen molar-refractivity contribution in [2.45, 2.75) is 0 Å². The number of anilines is 1. The molecular formula is C16H10ClFN2O3S2. The predicted molar refractivity (Wildman–Crippen MR) is 97.0 cm³/mol. The van der Waals surface area contributed by atoms with E-state index in [2.05, 4.69) is 5.32 Å². The molecule has 0 spiro atoms. The Morgan fingerprint density at radius 2 is 2.00 bits per heavy atom. The molecule has 2 aromatic rings. The van der Waals surface area contributed by atoms with Gasteiger partial charge in [-0.1, -0.05) is 23.7 Å². The Balaban J connectivity index is 1.69. The lowest BCUT2D eigenvalue weighted by Gasteiger charge is -2.12. The molecule has 1 aromatic carbocycles. The summed E-state index contributed by atoms with van der Waals surface area (Å²) in [5.41, 5.74) is -0.0109. The third-order valence-electron chi connectivity index (χ3n) is 3.19. The highest BCUT2D eigenvalue weighted by molar-refractivity contribution is 8.18. The van der Waals surface area contributed by atoms with E-state index in [1.165, 1.54) is 29.5 Å². The zero-order chi connectivity index (χ0) is 18.0. The van der Waals surface area contributed by atoms with Crippen molar-refractivity contribution in [1.82, 2.24) is 4.90 Å². The molecule has 0 atom stereocenters. The maximum atomic E-state index is 13.5. The van der Waals surface area contributed by atoms with Gasteiger partial charge in [0.1, 0.15) is 12.4 Å². The molecule has 128 valence electrons. The van der Waals surface area contributed by atoms with E-state index in [0.717, 1.165) is 21.5 Å². The van der Waals surface area contributed by atoms with Crippen molar-refractivity contribution in [2.24, 2.45) is 0 Å². The standard InChI is InChI=1S/C16H10ClFN2O3S2/c17-13-6-5-9(24-13)7-12-15(22)20(16(23)25-12)8-14(21)19-11-4-2-1-3-10(11)18/h1-7H,8H2,(H,19,21). The Morgan fingerprint density at radius 1 is 1.24 bits per heavy atom. The molecule has 3 amide bonds. The number of nitrogens with zero attached hydrogens (tertiary/aromatic N) is 1. The van der Waals surface area contributed by atoms with Gasteiger partial charge >= 0.3 is 0 Å². The van der Waals surface area contributed by atoms with E-state index in [4.69, 9.17) is 11.6 Å². The molecule has 5 nitrogen and oxygen atoms in total. The van der Waals surface area contributed by atoms with E-state index < -0.39 is 29.4 Å². The predicted octanol–water partition coefficient (Wildman–Crippen LogP) is 4.22. The fourth-order valence-electron chi connectivity index (χ4n) is 2.07. The van der Waals surface area contributed by atoms with Gasteiger partial charge in [0.25, 0.3) is 11.1 Å². The van der Waals surface area contributed by atoms with Gasteiger partial charge in [-0.2, -0.15) is 0 Å². The highest BCUT2D eigenvalue weighted by Crippen LogP contribution is 2.34. The Kier molecular flexibility index (Phi) is 5.22. The Labute approximate surface area is 155 Å². The number of thioether (sulfide) groups is 1. The van der Waals surface area contributed by atoms with Crippen LogP contribution in [0.4, 0.5) is 14.9 Å². The number of hydrogen-bond donors (Lipinski definition) is 1. The average Bonchev–Trinajstić information content (AvgIpc) is 3.08. The fourth-order valence-corrected chi connectivity index (χ4v) is 3.98. The Bertz CT molecular complexity index is 897. The topological polar surface area (TPSA) is 66.5 Å². The van der Waals surface area contributed by atoms with Gasteiger partial charge in [0.2, 0.25) is 5.91 Å². The molecule has 1 aliphatic rings. The largest absolute Gasteiger partial charge is 0.322 e. The van der Waals surface area contributed by atoms with Crippen molar-refractivity contribution in [3.8, 4) is 0 Å². The van der Waals surface area contributed by atoms with E-state index >= 15 is 0 Å². The lowest BCUT2D eigenvalue weighted by atomic mass is 10.3. The first kappa shape index (κ1) is 17.7. The Morgan fingerprint density at radius 3 is 2.68 bits per heavy atom. The molecule has 3 rings (SSSR count). The molecule has 0 radical (unpaired) electrons. The molecular weight excluding hydrogens is 387 g/mol. The normalized spacial score (nSPS) is 15.9. The summed E-state index contributed by atoms with van der Waals surface area (Å²) < 4.78 is 14.1. The number of para-hydroxylation sites is 1. The second kappa shape index (κ2) is 7.38. The second-order valence-corrected chi connectivity index (χ2v) is 7.68. The second-order valence-electron chi connectivity index (χ2n) is 4.94. The maximum Gasteiger partial charge on any atom is 0.294 e. The first-order valence-electron chi connectivity index (χ1n) is 6.99. The average molecular weight is 397 g/mol. The third kappa shape index (κ3) is 4.09. The molecule has 25 heavy (non-hydrogen) atoms. The highest BCUT2D eigenvalue weighted by Gasteiger charge is 2.36. The van der Waals surface area contributed by atoms with Crippen molar-refractivity contribution in [1.29, 1.82) is 0 Å². The van der Waals surface area contributed by atoms with Crippen molar-refractivity contribution in [3.05, 3.63) is 56.3 Å². The molecule has 0 aliphatic carbocycles. The molecule has 0 saturated carbocycles. The number of halogens is 2. The quantitative estimate of drug-likeness (QED) is 0.786. The van der Waals surface area contributed by atoms with Crippen LogP contribution in [-0.2, 0) is 9.59 Å². The van der Waals surface area contributed by atoms with Gasteiger partial charge < -0.3 is 5.32 Å². The smallest absolute Gasteiger partial charge is 0.294 e. The summed E-state index contributed by atoms with van der Waals surface area (Å²) >= 11 is 7.85. The number of hydrogen-bond acceptors (Lipinski definition) is 5. The molecule has 1 saturated heterocycles. The van der Waals surface area contributed by atoms with Gasteiger partial charge in [-0.15, -0.1) is 11.3 Å². The van der Waals surface area contributed by atoms with Gasteiger partial charge in [-0.3, -0.25) is 19.3 Å². The number of imide groups is 1. The lowest BCUT2D eigenvalue weighted by Crippen LogP contribution is -2.36. The summed E-state index contributed by atoms with van der Waals surface area (Å²) in [7, 11) is 0. The lowest BCUT2D eigenvalue weighted by molar-refractivity contribution is -0.127. The summed E-state index contributed by atoms with van der Waals surface area (Å²) in [5, 5.41) is 1.79. The van der Waals surface area contributed by atoms with Crippen molar-refractivity contribution >= 4 is 63.5 Å². The van der Waals surface area contributed by atoms with E-state index in [1.807, 2.05) is 0 Å². The molecule has 1 aromatic heterocycles. The van der Waals surface area contributed by atoms with Gasteiger partial charge in [-0.05, 0) is 42.1 Å². The summed E-state index contributed by atoms with van der Waals surface area (Å²) in [6.07, 6.45) is 1.55. The minimum Gasteiger partial charge on any atom is -0.322 e. The minimum absolute atomic E-state index is 0.0109. The van der Waals surface area contributed by atoms with Crippen LogP contribution in [0.2, 0.25) is 4.34 Å². The van der Waals surface area contributed by atoms with E-state index in [1.54, 1.807) is 24.3 Å². The summed E-state index contributed by atoms with van der Waals surface area (Å²) in [6.45, 7) is -0.485. The zero-order valence-corrected chi connectivity index (χ0v) is 14.9. The van der Waals surface area contributed by atoms with Crippen LogP contribution in [0.3, 0.4) is 0 Å². The first-order chi connectivity index (χ1) is 11.9. The monoisotopic (exact) mass is 396 g/mol. The van der Waals surface area contributed by atoms with Crippen LogP contribution in [0.1, 0.15) is 4.88 Å². The molecule has 0 bridgehead atoms. The van der Waals surface area contributed by atoms with Crippen LogP contribution < -0.4 is 5.32 Å². The Hall–Kier alpha value is -2.16. The molecule has 2 heterocycles. The number of carbonyl (C=O) groups is 3. The van der Waals surface area contributed by atoms with Crippen molar-refractivity contribution < 1.29 is 18.8 Å². The number of benzene rings is 1. The SMILES string of the molecule is O=C(CN1C(=O)SC(=Cc2ccc(Cl)s2)C1=O)Nc1ccccc1F. The molecule has 1 fully saturated rings. The maximum absolute atomic E-state index is 13.5. The first-order valence-corrected chi connectivity index (χ1v) is 9.00. The van der Waals surface area contributed by atoms with Crippen LogP contribution in [0.25, 0.3) is 6.08 Å². The summed E-state index contributed by atoms with van der Waals surface area (Å²) in [6, 6.07) is 9.05. The van der Waals surface area contributed by atoms with Crippen LogP contribution in [0.15, 0.2) is 41.3 Å². The molecule has 1 N–H and O–H groups in total. The van der Waals surface area contributed by atoms with Crippen LogP contribution in [-0.4, -0.2) is 28.5 Å². The number of carbonyl (C=O) groups excluding carboxylic acids is 3. The summed E-state index contributed by atoms with van der Waals surface area (Å²) in [4.78, 5) is 38.1. The number of rotatable bonds is 4. The molecule has 9 heteroatoms. The van der Waals surface area contributed by atoms with E-state index in [-0.39, 0.29) is 10.6 Å².